The maximum atomic E-state index is 2.37. The van der Waals surface area contributed by atoms with Crippen molar-refractivity contribution < 1.29 is 0 Å². The van der Waals surface area contributed by atoms with Gasteiger partial charge in [0.15, 0.2) is 0 Å². The van der Waals surface area contributed by atoms with Gasteiger partial charge in [0.05, 0.1) is 0 Å². The van der Waals surface area contributed by atoms with Crippen LogP contribution in [0.4, 0.5) is 17.1 Å². The number of nitrogens with zero attached hydrogens (tertiary/aromatic N) is 1. The topological polar surface area (TPSA) is 3.24 Å². The fourth-order valence-electron chi connectivity index (χ4n) is 4.18. The van der Waals surface area contributed by atoms with Crippen molar-refractivity contribution in [3.63, 3.8) is 0 Å². The van der Waals surface area contributed by atoms with Crippen molar-refractivity contribution in [2.45, 2.75) is 67.2 Å². The Hall–Kier alpha value is -2.54. The van der Waals surface area contributed by atoms with Gasteiger partial charge in [0, 0.05) is 17.1 Å². The lowest BCUT2D eigenvalue weighted by Crippen LogP contribution is -2.11. The minimum Gasteiger partial charge on any atom is -0.311 e. The quantitative estimate of drug-likeness (QED) is 0.356. The molecular formula is C30H39N. The van der Waals surface area contributed by atoms with Gasteiger partial charge in [0.2, 0.25) is 0 Å². The number of benzene rings is 3. The van der Waals surface area contributed by atoms with Crippen LogP contribution in [0, 0.1) is 11.3 Å². The fraction of sp³-hybridized carbons (Fsp3) is 0.400. The maximum Gasteiger partial charge on any atom is 0.0461 e. The van der Waals surface area contributed by atoms with E-state index < -0.39 is 0 Å². The van der Waals surface area contributed by atoms with Gasteiger partial charge in [-0.1, -0.05) is 84.4 Å². The third-order valence-electron chi connectivity index (χ3n) is 5.50. The molecule has 0 aliphatic rings. The van der Waals surface area contributed by atoms with Crippen LogP contribution in [0.1, 0.15) is 64.7 Å². The highest BCUT2D eigenvalue weighted by Gasteiger charge is 2.15. The zero-order valence-corrected chi connectivity index (χ0v) is 20.3. The summed E-state index contributed by atoms with van der Waals surface area (Å²) in [5, 5.41) is 0. The highest BCUT2D eigenvalue weighted by atomic mass is 15.1. The predicted molar refractivity (Wildman–Crippen MR) is 137 cm³/mol. The molecule has 31 heavy (non-hydrogen) atoms. The molecule has 0 unspecified atom stereocenters. The van der Waals surface area contributed by atoms with E-state index in [1.165, 1.54) is 40.2 Å². The van der Waals surface area contributed by atoms with E-state index in [0.29, 0.717) is 11.3 Å². The van der Waals surface area contributed by atoms with Crippen LogP contribution in [0.2, 0.25) is 0 Å². The van der Waals surface area contributed by atoms with Crippen LogP contribution in [0.25, 0.3) is 0 Å². The molecule has 0 spiro atoms. The van der Waals surface area contributed by atoms with E-state index in [-0.39, 0.29) is 0 Å². The Morgan fingerprint density at radius 3 is 1.45 bits per heavy atom. The molecule has 0 saturated carbocycles. The molecule has 1 heteroatoms. The normalized spacial score (nSPS) is 11.7. The minimum absolute atomic E-state index is 0.294. The summed E-state index contributed by atoms with van der Waals surface area (Å²) < 4.78 is 0. The minimum atomic E-state index is 0.294. The molecule has 3 aromatic rings. The van der Waals surface area contributed by atoms with Crippen LogP contribution in [0.5, 0.6) is 0 Å². The highest BCUT2D eigenvalue weighted by Crippen LogP contribution is 2.35. The van der Waals surface area contributed by atoms with Gasteiger partial charge in [-0.2, -0.15) is 0 Å². The number of anilines is 3. The Balaban J connectivity index is 1.96. The smallest absolute Gasteiger partial charge is 0.0461 e. The first-order valence-corrected chi connectivity index (χ1v) is 11.8. The number of hydrogen-bond donors (Lipinski definition) is 0. The Kier molecular flexibility index (Phi) is 7.59. The molecule has 0 atom stereocenters. The Bertz CT molecular complexity index is 926. The lowest BCUT2D eigenvalue weighted by molar-refractivity contribution is 0.411. The Labute approximate surface area is 190 Å². The van der Waals surface area contributed by atoms with Crippen molar-refractivity contribution >= 4 is 17.1 Å². The summed E-state index contributed by atoms with van der Waals surface area (Å²) in [4.78, 5) is 2.37. The van der Waals surface area contributed by atoms with Crippen LogP contribution in [0.3, 0.4) is 0 Å². The monoisotopic (exact) mass is 413 g/mol. The summed E-state index contributed by atoms with van der Waals surface area (Å²) in [7, 11) is 0. The van der Waals surface area contributed by atoms with E-state index >= 15 is 0 Å². The first-order chi connectivity index (χ1) is 14.7. The SMILES string of the molecule is CCCc1ccc(N(c2ccc(CC(C)C)cc2)c2ccc(CC(C)(C)C)cc2)cc1. The average Bonchev–Trinajstić information content (AvgIpc) is 2.71. The molecule has 0 aliphatic heterocycles. The lowest BCUT2D eigenvalue weighted by atomic mass is 9.88. The van der Waals surface area contributed by atoms with Crippen LogP contribution in [0.15, 0.2) is 72.8 Å². The molecular weight excluding hydrogens is 374 g/mol. The first kappa shape index (κ1) is 23.1. The van der Waals surface area contributed by atoms with Gasteiger partial charge in [-0.3, -0.25) is 0 Å². The summed E-state index contributed by atoms with van der Waals surface area (Å²) in [6.07, 6.45) is 4.51. The molecule has 3 aromatic carbocycles. The van der Waals surface area contributed by atoms with Crippen molar-refractivity contribution in [3.05, 3.63) is 89.5 Å². The van der Waals surface area contributed by atoms with E-state index in [2.05, 4.69) is 119 Å². The molecule has 164 valence electrons. The molecule has 0 aliphatic carbocycles. The lowest BCUT2D eigenvalue weighted by Gasteiger charge is -2.26. The largest absolute Gasteiger partial charge is 0.311 e. The van der Waals surface area contributed by atoms with E-state index in [9.17, 15) is 0 Å². The van der Waals surface area contributed by atoms with E-state index in [4.69, 9.17) is 0 Å². The Morgan fingerprint density at radius 1 is 0.645 bits per heavy atom. The molecule has 3 rings (SSSR count). The van der Waals surface area contributed by atoms with Gasteiger partial charge in [-0.15, -0.1) is 0 Å². The molecule has 0 aromatic heterocycles. The maximum absolute atomic E-state index is 2.37. The summed E-state index contributed by atoms with van der Waals surface area (Å²) in [6.45, 7) is 13.7. The molecule has 0 fully saturated rings. The third kappa shape index (κ3) is 6.72. The summed E-state index contributed by atoms with van der Waals surface area (Å²) in [5.74, 6) is 0.670. The van der Waals surface area contributed by atoms with Crippen LogP contribution in [-0.2, 0) is 19.3 Å². The zero-order valence-electron chi connectivity index (χ0n) is 20.3. The van der Waals surface area contributed by atoms with Crippen LogP contribution in [-0.4, -0.2) is 0 Å². The van der Waals surface area contributed by atoms with Gasteiger partial charge in [-0.25, -0.2) is 0 Å². The first-order valence-electron chi connectivity index (χ1n) is 11.8. The van der Waals surface area contributed by atoms with Crippen LogP contribution >= 0.6 is 0 Å². The van der Waals surface area contributed by atoms with Crippen molar-refractivity contribution in [2.75, 3.05) is 4.90 Å². The molecule has 0 heterocycles. The van der Waals surface area contributed by atoms with Gasteiger partial charge >= 0.3 is 0 Å². The van der Waals surface area contributed by atoms with Crippen molar-refractivity contribution in [1.29, 1.82) is 0 Å². The van der Waals surface area contributed by atoms with E-state index in [1.54, 1.807) is 0 Å². The van der Waals surface area contributed by atoms with Gasteiger partial charge < -0.3 is 4.90 Å². The van der Waals surface area contributed by atoms with Crippen LogP contribution < -0.4 is 4.90 Å². The second-order valence-corrected chi connectivity index (χ2v) is 10.4. The molecule has 1 nitrogen and oxygen atoms in total. The van der Waals surface area contributed by atoms with Crippen molar-refractivity contribution in [1.82, 2.24) is 0 Å². The molecule has 0 radical (unpaired) electrons. The second kappa shape index (κ2) is 10.2. The van der Waals surface area contributed by atoms with Gasteiger partial charge in [-0.05, 0) is 83.7 Å². The number of aryl methyl sites for hydroxylation is 1. The van der Waals surface area contributed by atoms with Gasteiger partial charge in [0.1, 0.15) is 0 Å². The zero-order chi connectivity index (χ0) is 22.4. The van der Waals surface area contributed by atoms with Crippen molar-refractivity contribution in [2.24, 2.45) is 11.3 Å². The predicted octanol–water partition coefficient (Wildman–Crippen LogP) is 8.90. The Morgan fingerprint density at radius 2 is 1.06 bits per heavy atom. The number of rotatable bonds is 8. The third-order valence-corrected chi connectivity index (χ3v) is 5.50. The molecule has 0 saturated heterocycles. The summed E-state index contributed by atoms with van der Waals surface area (Å²) in [5.41, 5.74) is 8.11. The standard InChI is InChI=1S/C30H39N/c1-7-8-24-9-15-27(16-10-24)31(28-17-11-25(12-18-28)21-23(2)3)29-19-13-26(14-20-29)22-30(4,5)6/h9-20,23H,7-8,21-22H2,1-6H3. The second-order valence-electron chi connectivity index (χ2n) is 10.4. The van der Waals surface area contributed by atoms with E-state index in [0.717, 1.165) is 19.3 Å². The highest BCUT2D eigenvalue weighted by molar-refractivity contribution is 5.76. The molecule has 0 N–H and O–H groups in total. The molecule has 0 bridgehead atoms. The van der Waals surface area contributed by atoms with E-state index in [1.807, 2.05) is 0 Å². The molecule has 0 amide bonds. The summed E-state index contributed by atoms with van der Waals surface area (Å²) >= 11 is 0. The van der Waals surface area contributed by atoms with Gasteiger partial charge in [0.25, 0.3) is 0 Å². The summed E-state index contributed by atoms with van der Waals surface area (Å²) in [6, 6.07) is 27.3. The average molecular weight is 414 g/mol. The van der Waals surface area contributed by atoms with Crippen molar-refractivity contribution in [3.8, 4) is 0 Å². The fourth-order valence-corrected chi connectivity index (χ4v) is 4.18. The number of hydrogen-bond acceptors (Lipinski definition) is 1.